The van der Waals surface area contributed by atoms with Crippen LogP contribution in [-0.2, 0) is 4.79 Å². The van der Waals surface area contributed by atoms with Crippen molar-refractivity contribution in [2.45, 2.75) is 18.1 Å². The molecule has 0 aliphatic carbocycles. The average molecular weight is 258 g/mol. The van der Waals surface area contributed by atoms with Gasteiger partial charge < -0.3 is 15.3 Å². The van der Waals surface area contributed by atoms with Crippen LogP contribution >= 0.6 is 11.8 Å². The van der Waals surface area contributed by atoms with Crippen LogP contribution < -0.4 is 5.32 Å². The minimum absolute atomic E-state index is 0.246. The first-order valence-corrected chi connectivity index (χ1v) is 6.65. The second-order valence-corrected chi connectivity index (χ2v) is 5.29. The number of hydrogen-bond donors (Lipinski definition) is 2. The topological polar surface area (TPSA) is 69.6 Å². The third-order valence-corrected chi connectivity index (χ3v) is 3.87. The van der Waals surface area contributed by atoms with Gasteiger partial charge in [0.15, 0.2) is 0 Å². The van der Waals surface area contributed by atoms with Gasteiger partial charge >= 0.3 is 12.0 Å². The molecule has 2 N–H and O–H groups in total. The lowest BCUT2D eigenvalue weighted by Crippen LogP contribution is -2.44. The molecule has 6 heteroatoms. The molecule has 5 nitrogen and oxygen atoms in total. The number of urea groups is 1. The number of nitrogens with one attached hydrogen (secondary N) is 1. The summed E-state index contributed by atoms with van der Waals surface area (Å²) in [5, 5.41) is 11.9. The summed E-state index contributed by atoms with van der Waals surface area (Å²) in [6, 6.07) is -0.334. The molecule has 0 aromatic carbocycles. The van der Waals surface area contributed by atoms with Crippen molar-refractivity contribution in [3.8, 4) is 0 Å². The zero-order valence-electron chi connectivity index (χ0n) is 9.72. The number of aliphatic carboxylic acids is 1. The first-order valence-electron chi connectivity index (χ1n) is 5.60. The Bertz CT molecular complexity index is 290. The van der Waals surface area contributed by atoms with E-state index in [0.717, 1.165) is 12.2 Å². The molecule has 0 radical (unpaired) electrons. The molecule has 1 atom stereocenters. The van der Waals surface area contributed by atoms with Gasteiger partial charge in [0.05, 0.1) is 0 Å². The van der Waals surface area contributed by atoms with E-state index in [1.165, 1.54) is 17.4 Å². The first kappa shape index (κ1) is 13.9. The summed E-state index contributed by atoms with van der Waals surface area (Å²) in [4.78, 5) is 23.5. The Balaban J connectivity index is 2.35. The van der Waals surface area contributed by atoms with Gasteiger partial charge in [0, 0.05) is 18.3 Å². The Kier molecular flexibility index (Phi) is 5.90. The van der Waals surface area contributed by atoms with Gasteiger partial charge in [-0.25, -0.2) is 4.79 Å². The Hall–Kier alpha value is -1.17. The number of carbonyl (C=O) groups excluding carboxylic acids is 1. The highest BCUT2D eigenvalue weighted by molar-refractivity contribution is 8.00. The van der Waals surface area contributed by atoms with E-state index < -0.39 is 5.97 Å². The normalized spacial score (nSPS) is 18.7. The van der Waals surface area contributed by atoms with Crippen LogP contribution in [0.3, 0.4) is 0 Å². The van der Waals surface area contributed by atoms with Crippen molar-refractivity contribution in [3.63, 3.8) is 0 Å². The molecule has 1 aliphatic heterocycles. The molecular weight excluding hydrogens is 240 g/mol. The van der Waals surface area contributed by atoms with Crippen molar-refractivity contribution in [1.29, 1.82) is 0 Å². The van der Waals surface area contributed by atoms with Gasteiger partial charge in [-0.15, -0.1) is 6.58 Å². The highest BCUT2D eigenvalue weighted by Crippen LogP contribution is 2.25. The van der Waals surface area contributed by atoms with E-state index in [4.69, 9.17) is 5.11 Å². The number of carboxylic acids is 1. The molecule has 0 aromatic heterocycles. The molecule has 96 valence electrons. The predicted octanol–water partition coefficient (Wildman–Crippen LogP) is 1.16. The maximum Gasteiger partial charge on any atom is 0.323 e. The molecule has 0 bridgehead atoms. The first-order chi connectivity index (χ1) is 8.13. The van der Waals surface area contributed by atoms with Crippen LogP contribution in [0.2, 0.25) is 0 Å². The highest BCUT2D eigenvalue weighted by Gasteiger charge is 2.19. The Labute approximate surface area is 105 Å². The van der Waals surface area contributed by atoms with Crippen molar-refractivity contribution in [1.82, 2.24) is 10.2 Å². The van der Waals surface area contributed by atoms with E-state index in [9.17, 15) is 9.59 Å². The van der Waals surface area contributed by atoms with Gasteiger partial charge in [0.2, 0.25) is 0 Å². The lowest BCUT2D eigenvalue weighted by Gasteiger charge is -2.20. The molecule has 1 fully saturated rings. The van der Waals surface area contributed by atoms with Crippen LogP contribution in [-0.4, -0.2) is 52.6 Å². The van der Waals surface area contributed by atoms with E-state index in [1.807, 2.05) is 11.8 Å². The second-order valence-electron chi connectivity index (χ2n) is 3.88. The van der Waals surface area contributed by atoms with Crippen molar-refractivity contribution in [2.24, 2.45) is 0 Å². The number of amides is 2. The van der Waals surface area contributed by atoms with Crippen molar-refractivity contribution in [3.05, 3.63) is 12.7 Å². The SMILES string of the molecule is C=CCN(CC(=O)O)C(=O)NCC1CCCS1. The summed E-state index contributed by atoms with van der Waals surface area (Å²) >= 11 is 1.85. The highest BCUT2D eigenvalue weighted by atomic mass is 32.2. The van der Waals surface area contributed by atoms with Gasteiger partial charge in [-0.3, -0.25) is 4.79 Å². The fourth-order valence-corrected chi connectivity index (χ4v) is 2.86. The number of thioether (sulfide) groups is 1. The fourth-order valence-electron chi connectivity index (χ4n) is 1.66. The summed E-state index contributed by atoms with van der Waals surface area (Å²) < 4.78 is 0. The molecular formula is C11H18N2O3S. The van der Waals surface area contributed by atoms with Crippen LogP contribution in [0.5, 0.6) is 0 Å². The second kappa shape index (κ2) is 7.21. The predicted molar refractivity (Wildman–Crippen MR) is 68.3 cm³/mol. The van der Waals surface area contributed by atoms with E-state index >= 15 is 0 Å². The summed E-state index contributed by atoms with van der Waals surface area (Å²) in [5.41, 5.74) is 0. The molecule has 0 saturated carbocycles. The van der Waals surface area contributed by atoms with Gasteiger partial charge in [0.25, 0.3) is 0 Å². The molecule has 2 amide bonds. The number of nitrogens with zero attached hydrogens (tertiary/aromatic N) is 1. The largest absolute Gasteiger partial charge is 0.480 e. The maximum atomic E-state index is 11.7. The van der Waals surface area contributed by atoms with Crippen molar-refractivity contribution >= 4 is 23.8 Å². The van der Waals surface area contributed by atoms with Crippen molar-refractivity contribution < 1.29 is 14.7 Å². The van der Waals surface area contributed by atoms with E-state index in [0.29, 0.717) is 11.8 Å². The minimum Gasteiger partial charge on any atom is -0.480 e. The molecule has 1 unspecified atom stereocenters. The van der Waals surface area contributed by atoms with Crippen LogP contribution in [0.15, 0.2) is 12.7 Å². The van der Waals surface area contributed by atoms with E-state index in [1.54, 1.807) is 0 Å². The monoisotopic (exact) mass is 258 g/mol. The molecule has 1 aliphatic rings. The zero-order chi connectivity index (χ0) is 12.7. The number of hydrogen-bond acceptors (Lipinski definition) is 3. The minimum atomic E-state index is -1.02. The maximum absolute atomic E-state index is 11.7. The average Bonchev–Trinajstić information content (AvgIpc) is 2.77. The lowest BCUT2D eigenvalue weighted by molar-refractivity contribution is -0.137. The van der Waals surface area contributed by atoms with Gasteiger partial charge in [-0.1, -0.05) is 6.08 Å². The number of rotatable bonds is 6. The van der Waals surface area contributed by atoms with Crippen LogP contribution in [0.25, 0.3) is 0 Å². The van der Waals surface area contributed by atoms with Crippen LogP contribution in [0.1, 0.15) is 12.8 Å². The molecule has 1 heterocycles. The number of carbonyl (C=O) groups is 2. The molecule has 17 heavy (non-hydrogen) atoms. The van der Waals surface area contributed by atoms with E-state index in [2.05, 4.69) is 11.9 Å². The zero-order valence-corrected chi connectivity index (χ0v) is 10.5. The Morgan fingerprint density at radius 2 is 2.35 bits per heavy atom. The molecule has 0 spiro atoms. The summed E-state index contributed by atoms with van der Waals surface area (Å²) in [6.45, 7) is 4.07. The smallest absolute Gasteiger partial charge is 0.323 e. The van der Waals surface area contributed by atoms with Crippen LogP contribution in [0.4, 0.5) is 4.79 Å². The Morgan fingerprint density at radius 1 is 1.59 bits per heavy atom. The Morgan fingerprint density at radius 3 is 2.88 bits per heavy atom. The molecule has 0 aromatic rings. The van der Waals surface area contributed by atoms with Gasteiger partial charge in [-0.2, -0.15) is 11.8 Å². The van der Waals surface area contributed by atoms with Crippen molar-refractivity contribution in [2.75, 3.05) is 25.4 Å². The lowest BCUT2D eigenvalue weighted by atomic mass is 10.2. The number of carboxylic acid groups (broad SMARTS) is 1. The molecule has 1 rings (SSSR count). The van der Waals surface area contributed by atoms with Gasteiger partial charge in [-0.05, 0) is 18.6 Å². The molecule has 1 saturated heterocycles. The standard InChI is InChI=1S/C11H18N2O3S/c1-2-5-13(8-10(14)15)11(16)12-7-9-4-3-6-17-9/h2,9H,1,3-8H2,(H,12,16)(H,14,15). The summed E-state index contributed by atoms with van der Waals surface area (Å²) in [6.07, 6.45) is 3.83. The van der Waals surface area contributed by atoms with Crippen LogP contribution in [0, 0.1) is 0 Å². The third-order valence-electron chi connectivity index (χ3n) is 2.47. The van der Waals surface area contributed by atoms with E-state index in [-0.39, 0.29) is 19.1 Å². The third kappa shape index (κ3) is 5.12. The quantitative estimate of drug-likeness (QED) is 0.702. The fraction of sp³-hybridized carbons (Fsp3) is 0.636. The summed E-state index contributed by atoms with van der Waals surface area (Å²) in [7, 11) is 0. The van der Waals surface area contributed by atoms with Gasteiger partial charge in [0.1, 0.15) is 6.54 Å². The summed E-state index contributed by atoms with van der Waals surface area (Å²) in [5.74, 6) is 0.128.